The van der Waals surface area contributed by atoms with Gasteiger partial charge in [0.1, 0.15) is 5.75 Å². The Hall–Kier alpha value is -1.97. The Morgan fingerprint density at radius 2 is 2.04 bits per heavy atom. The third-order valence-electron chi connectivity index (χ3n) is 5.13. The molecule has 0 saturated heterocycles. The van der Waals surface area contributed by atoms with Crippen LogP contribution in [-0.4, -0.2) is 35.1 Å². The Bertz CT molecular complexity index is 915. The largest absolute Gasteiger partial charge is 0.506 e. The lowest BCUT2D eigenvalue weighted by Gasteiger charge is -2.22. The number of aromatic nitrogens is 1. The molecule has 2 aromatic carbocycles. The molecule has 3 aromatic rings. The van der Waals surface area contributed by atoms with Gasteiger partial charge in [-0.2, -0.15) is 0 Å². The van der Waals surface area contributed by atoms with Crippen molar-refractivity contribution in [1.82, 2.24) is 9.88 Å². The van der Waals surface area contributed by atoms with Crippen molar-refractivity contribution in [3.8, 4) is 5.75 Å². The van der Waals surface area contributed by atoms with Gasteiger partial charge in [0, 0.05) is 35.6 Å². The molecule has 0 spiro atoms. The maximum Gasteiger partial charge on any atom is 0.134 e. The van der Waals surface area contributed by atoms with Crippen molar-refractivity contribution in [2.75, 3.05) is 20.1 Å². The Labute approximate surface area is 146 Å². The molecule has 0 bridgehead atoms. The van der Waals surface area contributed by atoms with E-state index in [1.165, 1.54) is 27.8 Å². The first-order valence-corrected chi connectivity index (χ1v) is 8.69. The predicted molar refractivity (Wildman–Crippen MR) is 99.2 cm³/mol. The van der Waals surface area contributed by atoms with Crippen molar-refractivity contribution < 1.29 is 5.11 Å². The monoisotopic (exact) mass is 340 g/mol. The third kappa shape index (κ3) is 2.48. The van der Waals surface area contributed by atoms with E-state index in [-0.39, 0.29) is 11.7 Å². The van der Waals surface area contributed by atoms with E-state index in [2.05, 4.69) is 48.1 Å². The maximum atomic E-state index is 10.2. The van der Waals surface area contributed by atoms with E-state index < -0.39 is 0 Å². The molecule has 1 aliphatic rings. The smallest absolute Gasteiger partial charge is 0.134 e. The zero-order chi connectivity index (χ0) is 16.8. The lowest BCUT2D eigenvalue weighted by atomic mass is 9.86. The lowest BCUT2D eigenvalue weighted by molar-refractivity contribution is 0.338. The minimum absolute atomic E-state index is 0.169. The Morgan fingerprint density at radius 3 is 2.88 bits per heavy atom. The highest BCUT2D eigenvalue weighted by Gasteiger charge is 2.27. The fraction of sp³-hybridized carbons (Fsp3) is 0.300. The Morgan fingerprint density at radius 1 is 1.25 bits per heavy atom. The summed E-state index contributed by atoms with van der Waals surface area (Å²) >= 11 is 6.16. The standard InChI is InChI=1S/C20H21ClN2O/c1-12-20(14-5-3-4-6-18(14)22-12)16-11-23(2)8-7-13-9-17(21)19(24)10-15(13)16/h3-6,9-10,16,22,24H,7-8,11H2,1-2H3. The quantitative estimate of drug-likeness (QED) is 0.686. The summed E-state index contributed by atoms with van der Waals surface area (Å²) in [5, 5.41) is 11.9. The van der Waals surface area contributed by atoms with Crippen LogP contribution in [-0.2, 0) is 6.42 Å². The molecule has 24 heavy (non-hydrogen) atoms. The number of hydrogen-bond donors (Lipinski definition) is 2. The number of nitrogens with one attached hydrogen (secondary N) is 1. The molecule has 1 aliphatic heterocycles. The average Bonchev–Trinajstić information content (AvgIpc) is 2.81. The molecule has 124 valence electrons. The molecule has 1 unspecified atom stereocenters. The van der Waals surface area contributed by atoms with Crippen molar-refractivity contribution in [3.63, 3.8) is 0 Å². The van der Waals surface area contributed by atoms with Crippen molar-refractivity contribution in [2.45, 2.75) is 19.3 Å². The second-order valence-electron chi connectivity index (χ2n) is 6.78. The number of benzene rings is 2. The molecule has 0 radical (unpaired) electrons. The molecule has 0 aliphatic carbocycles. The van der Waals surface area contributed by atoms with E-state index in [4.69, 9.17) is 11.6 Å². The first kappa shape index (κ1) is 15.6. The van der Waals surface area contributed by atoms with Crippen LogP contribution in [0.4, 0.5) is 0 Å². The van der Waals surface area contributed by atoms with Crippen LogP contribution in [0, 0.1) is 6.92 Å². The van der Waals surface area contributed by atoms with Crippen molar-refractivity contribution in [1.29, 1.82) is 0 Å². The topological polar surface area (TPSA) is 39.3 Å². The van der Waals surface area contributed by atoms with Gasteiger partial charge in [0.15, 0.2) is 0 Å². The van der Waals surface area contributed by atoms with Gasteiger partial charge in [-0.1, -0.05) is 29.8 Å². The van der Waals surface area contributed by atoms with E-state index in [1.807, 2.05) is 12.1 Å². The van der Waals surface area contributed by atoms with Gasteiger partial charge in [-0.3, -0.25) is 0 Å². The van der Waals surface area contributed by atoms with E-state index in [0.717, 1.165) is 25.0 Å². The lowest BCUT2D eigenvalue weighted by Crippen LogP contribution is -2.24. The highest BCUT2D eigenvalue weighted by atomic mass is 35.5. The highest BCUT2D eigenvalue weighted by Crippen LogP contribution is 2.40. The van der Waals surface area contributed by atoms with E-state index in [0.29, 0.717) is 5.02 Å². The summed E-state index contributed by atoms with van der Waals surface area (Å²) in [6.45, 7) is 4.05. The van der Waals surface area contributed by atoms with Crippen LogP contribution in [0.3, 0.4) is 0 Å². The molecule has 1 aromatic heterocycles. The summed E-state index contributed by atoms with van der Waals surface area (Å²) in [5.74, 6) is 0.384. The van der Waals surface area contributed by atoms with Crippen LogP contribution >= 0.6 is 11.6 Å². The molecule has 3 nitrogen and oxygen atoms in total. The highest BCUT2D eigenvalue weighted by molar-refractivity contribution is 6.32. The molecule has 0 amide bonds. The van der Waals surface area contributed by atoms with E-state index >= 15 is 0 Å². The molecule has 4 heteroatoms. The molecule has 4 rings (SSSR count). The van der Waals surface area contributed by atoms with Gasteiger partial charge in [-0.25, -0.2) is 0 Å². The number of nitrogens with zero attached hydrogens (tertiary/aromatic N) is 1. The number of para-hydroxylation sites is 1. The number of halogens is 1. The van der Waals surface area contributed by atoms with Crippen LogP contribution in [0.1, 0.15) is 28.3 Å². The number of phenols is 1. The Balaban J connectivity index is 1.96. The number of aromatic hydroxyl groups is 1. The van der Waals surface area contributed by atoms with Crippen LogP contribution in [0.5, 0.6) is 5.75 Å². The summed E-state index contributed by atoms with van der Waals surface area (Å²) in [7, 11) is 2.16. The van der Waals surface area contributed by atoms with Crippen LogP contribution < -0.4 is 0 Å². The van der Waals surface area contributed by atoms with Gasteiger partial charge in [-0.05, 0) is 55.3 Å². The Kier molecular flexibility index (Phi) is 3.78. The molecule has 0 fully saturated rings. The number of hydrogen-bond acceptors (Lipinski definition) is 2. The maximum absolute atomic E-state index is 10.2. The van der Waals surface area contributed by atoms with E-state index in [1.54, 1.807) is 0 Å². The molecular weight excluding hydrogens is 320 g/mol. The van der Waals surface area contributed by atoms with Gasteiger partial charge in [0.05, 0.1) is 5.02 Å². The van der Waals surface area contributed by atoms with Gasteiger partial charge < -0.3 is 15.0 Å². The number of H-pyrrole nitrogens is 1. The summed E-state index contributed by atoms with van der Waals surface area (Å²) in [6.07, 6.45) is 0.948. The zero-order valence-corrected chi connectivity index (χ0v) is 14.7. The number of aryl methyl sites for hydroxylation is 1. The van der Waals surface area contributed by atoms with Crippen LogP contribution in [0.2, 0.25) is 5.02 Å². The molecule has 2 N–H and O–H groups in total. The van der Waals surface area contributed by atoms with Gasteiger partial charge in [0.2, 0.25) is 0 Å². The third-order valence-corrected chi connectivity index (χ3v) is 5.44. The normalized spacial score (nSPS) is 18.5. The second-order valence-corrected chi connectivity index (χ2v) is 7.18. The van der Waals surface area contributed by atoms with Crippen LogP contribution in [0.25, 0.3) is 10.9 Å². The predicted octanol–water partition coefficient (Wildman–Crippen LogP) is 4.46. The number of fused-ring (bicyclic) bond motifs is 2. The number of phenolic OH excluding ortho intramolecular Hbond substituents is 1. The number of rotatable bonds is 1. The first-order chi connectivity index (χ1) is 11.5. The summed E-state index contributed by atoms with van der Waals surface area (Å²) in [5.41, 5.74) is 6.10. The SMILES string of the molecule is Cc1[nH]c2ccccc2c1C1CN(C)CCc2cc(Cl)c(O)cc21. The fourth-order valence-electron chi connectivity index (χ4n) is 3.97. The van der Waals surface area contributed by atoms with Gasteiger partial charge >= 0.3 is 0 Å². The minimum atomic E-state index is 0.169. The zero-order valence-electron chi connectivity index (χ0n) is 13.9. The summed E-state index contributed by atoms with van der Waals surface area (Å²) in [4.78, 5) is 5.87. The van der Waals surface area contributed by atoms with Gasteiger partial charge in [0.25, 0.3) is 0 Å². The molecule has 2 heterocycles. The number of aromatic amines is 1. The van der Waals surface area contributed by atoms with Crippen LogP contribution in [0.15, 0.2) is 36.4 Å². The number of likely N-dealkylation sites (N-methyl/N-ethyl adjacent to an activating group) is 1. The summed E-state index contributed by atoms with van der Waals surface area (Å²) in [6, 6.07) is 12.2. The average molecular weight is 341 g/mol. The van der Waals surface area contributed by atoms with Gasteiger partial charge in [-0.15, -0.1) is 0 Å². The van der Waals surface area contributed by atoms with E-state index in [9.17, 15) is 5.11 Å². The fourth-order valence-corrected chi connectivity index (χ4v) is 4.15. The van der Waals surface area contributed by atoms with Crippen molar-refractivity contribution in [2.24, 2.45) is 0 Å². The van der Waals surface area contributed by atoms with Crippen molar-refractivity contribution in [3.05, 3.63) is 63.8 Å². The molecular formula is C20H21ClN2O. The summed E-state index contributed by atoms with van der Waals surface area (Å²) < 4.78 is 0. The minimum Gasteiger partial charge on any atom is -0.506 e. The molecule has 0 saturated carbocycles. The first-order valence-electron chi connectivity index (χ1n) is 8.31. The van der Waals surface area contributed by atoms with Crippen molar-refractivity contribution >= 4 is 22.5 Å². The molecule has 1 atom stereocenters. The second kappa shape index (κ2) is 5.83.